The fourth-order valence-corrected chi connectivity index (χ4v) is 2.05. The fourth-order valence-electron chi connectivity index (χ4n) is 2.05. The predicted molar refractivity (Wildman–Crippen MR) is 71.9 cm³/mol. The van der Waals surface area contributed by atoms with Crippen molar-refractivity contribution in [1.82, 2.24) is 25.3 Å². The van der Waals surface area contributed by atoms with E-state index in [1.807, 2.05) is 0 Å². The summed E-state index contributed by atoms with van der Waals surface area (Å²) in [6, 6.07) is 9.68. The highest BCUT2D eigenvalue weighted by Gasteiger charge is 2.12. The van der Waals surface area contributed by atoms with Gasteiger partial charge in [-0.05, 0) is 46.7 Å². The van der Waals surface area contributed by atoms with E-state index in [0.29, 0.717) is 27.8 Å². The Morgan fingerprint density at radius 1 is 0.952 bits per heavy atom. The molecule has 4 rings (SSSR count). The van der Waals surface area contributed by atoms with Crippen molar-refractivity contribution >= 4 is 27.8 Å². The Morgan fingerprint density at radius 2 is 1.71 bits per heavy atom. The molecule has 0 saturated carbocycles. The zero-order valence-electron chi connectivity index (χ0n) is 10.4. The second-order valence-corrected chi connectivity index (χ2v) is 4.34. The largest absolute Gasteiger partial charge is 0.733 e. The summed E-state index contributed by atoms with van der Waals surface area (Å²) in [7, 11) is 0. The molecule has 9 nitrogen and oxygen atoms in total. The van der Waals surface area contributed by atoms with Crippen molar-refractivity contribution in [3.63, 3.8) is 0 Å². The summed E-state index contributed by atoms with van der Waals surface area (Å²) < 4.78 is 4.69. The number of hydrogen-bond donors (Lipinski definition) is 1. The molecule has 0 saturated heterocycles. The molecule has 1 N–H and O–H groups in total. The van der Waals surface area contributed by atoms with Crippen molar-refractivity contribution in [2.75, 3.05) is 5.23 Å². The Morgan fingerprint density at radius 3 is 2.48 bits per heavy atom. The highest BCUT2D eigenvalue weighted by molar-refractivity contribution is 5.98. The second kappa shape index (κ2) is 4.23. The Balaban J connectivity index is 1.86. The summed E-state index contributed by atoms with van der Waals surface area (Å²) in [6.45, 7) is 0. The third-order valence-electron chi connectivity index (χ3n) is 3.08. The number of anilines is 1. The standard InChI is InChI=1S/C12H7N6O3/c19-18(20)8-3-1-7(2-4-8)17-13-9-5-6-10-12(11(9)14-17)16-21-15-10/h1-6,19H/q-1. The van der Waals surface area contributed by atoms with Crippen LogP contribution in [0.4, 0.5) is 5.69 Å². The van der Waals surface area contributed by atoms with Crippen molar-refractivity contribution in [2.45, 2.75) is 0 Å². The smallest absolute Gasteiger partial charge is 0.164 e. The van der Waals surface area contributed by atoms with E-state index in [4.69, 9.17) is 5.21 Å². The number of nitrogens with zero attached hydrogens (tertiary/aromatic N) is 6. The minimum atomic E-state index is -0.207. The highest BCUT2D eigenvalue weighted by atomic mass is 16.8. The molecule has 9 heteroatoms. The predicted octanol–water partition coefficient (Wildman–Crippen LogP) is 1.65. The summed E-state index contributed by atoms with van der Waals surface area (Å²) in [5, 5.41) is 35.6. The van der Waals surface area contributed by atoms with Gasteiger partial charge in [0.1, 0.15) is 16.6 Å². The van der Waals surface area contributed by atoms with Gasteiger partial charge in [0.25, 0.3) is 0 Å². The third-order valence-corrected chi connectivity index (χ3v) is 3.08. The minimum Gasteiger partial charge on any atom is -0.733 e. The summed E-state index contributed by atoms with van der Waals surface area (Å²) in [4.78, 5) is 1.41. The zero-order valence-corrected chi connectivity index (χ0v) is 10.4. The molecule has 0 atom stereocenters. The minimum absolute atomic E-state index is 0.124. The van der Waals surface area contributed by atoms with Gasteiger partial charge in [0, 0.05) is 0 Å². The van der Waals surface area contributed by atoms with Gasteiger partial charge >= 0.3 is 0 Å². The first-order valence-electron chi connectivity index (χ1n) is 5.97. The third kappa shape index (κ3) is 1.80. The lowest BCUT2D eigenvalue weighted by Gasteiger charge is -2.21. The number of hydrogen-bond acceptors (Lipinski definition) is 8. The lowest BCUT2D eigenvalue weighted by Crippen LogP contribution is -2.07. The Kier molecular flexibility index (Phi) is 2.37. The molecule has 0 aliphatic carbocycles. The van der Waals surface area contributed by atoms with Crippen LogP contribution in [0.3, 0.4) is 0 Å². The molecule has 2 heterocycles. The molecule has 104 valence electrons. The van der Waals surface area contributed by atoms with Gasteiger partial charge in [0.05, 0.1) is 11.4 Å². The molecule has 0 aliphatic rings. The molecular formula is C12H7N6O3-. The Bertz CT molecular complexity index is 927. The summed E-state index contributed by atoms with van der Waals surface area (Å²) in [6.07, 6.45) is 0. The second-order valence-electron chi connectivity index (χ2n) is 4.34. The lowest BCUT2D eigenvalue weighted by atomic mass is 10.3. The van der Waals surface area contributed by atoms with Crippen LogP contribution < -0.4 is 5.23 Å². The molecule has 2 aromatic carbocycles. The monoisotopic (exact) mass is 283 g/mol. The van der Waals surface area contributed by atoms with Crippen molar-refractivity contribution < 1.29 is 9.84 Å². The number of fused-ring (bicyclic) bond motifs is 3. The van der Waals surface area contributed by atoms with Crippen molar-refractivity contribution in [3.8, 4) is 5.69 Å². The number of aromatic nitrogens is 5. The topological polar surface area (TPSA) is 116 Å². The molecule has 0 unspecified atom stereocenters. The van der Waals surface area contributed by atoms with Gasteiger partial charge in [-0.2, -0.15) is 4.80 Å². The van der Waals surface area contributed by atoms with Gasteiger partial charge in [-0.15, -0.1) is 10.2 Å². The van der Waals surface area contributed by atoms with Crippen molar-refractivity contribution in [3.05, 3.63) is 41.6 Å². The summed E-state index contributed by atoms with van der Waals surface area (Å²) >= 11 is 0. The highest BCUT2D eigenvalue weighted by Crippen LogP contribution is 2.21. The molecule has 21 heavy (non-hydrogen) atoms. The normalized spacial score (nSPS) is 11.3. The van der Waals surface area contributed by atoms with E-state index >= 15 is 0 Å². The Hall–Kier alpha value is -3.04. The average molecular weight is 283 g/mol. The lowest BCUT2D eigenvalue weighted by molar-refractivity contribution is 0.296. The van der Waals surface area contributed by atoms with Crippen LogP contribution in [0.5, 0.6) is 0 Å². The van der Waals surface area contributed by atoms with E-state index in [1.165, 1.54) is 16.9 Å². The quantitative estimate of drug-likeness (QED) is 0.552. The van der Waals surface area contributed by atoms with E-state index in [2.05, 4.69) is 25.1 Å². The molecule has 0 spiro atoms. The Labute approximate surface area is 116 Å². The van der Waals surface area contributed by atoms with E-state index in [9.17, 15) is 5.21 Å². The van der Waals surface area contributed by atoms with Gasteiger partial charge < -0.3 is 10.4 Å². The van der Waals surface area contributed by atoms with Crippen LogP contribution in [0.2, 0.25) is 0 Å². The molecule has 0 radical (unpaired) electrons. The van der Waals surface area contributed by atoms with E-state index in [-0.39, 0.29) is 10.9 Å². The van der Waals surface area contributed by atoms with Crippen LogP contribution in [0.1, 0.15) is 0 Å². The van der Waals surface area contributed by atoms with Crippen LogP contribution in [0.15, 0.2) is 41.0 Å². The molecule has 0 aliphatic heterocycles. The fraction of sp³-hybridized carbons (Fsp3) is 0. The van der Waals surface area contributed by atoms with Crippen LogP contribution >= 0.6 is 0 Å². The number of rotatable bonds is 2. The van der Waals surface area contributed by atoms with Crippen molar-refractivity contribution in [1.29, 1.82) is 0 Å². The molecular weight excluding hydrogens is 276 g/mol. The van der Waals surface area contributed by atoms with Crippen LogP contribution in [-0.4, -0.2) is 30.5 Å². The average Bonchev–Trinajstić information content (AvgIpc) is 3.12. The summed E-state index contributed by atoms with van der Waals surface area (Å²) in [5.74, 6) is 0. The molecule has 0 amide bonds. The van der Waals surface area contributed by atoms with E-state index in [0.717, 1.165) is 0 Å². The maximum absolute atomic E-state index is 10.8. The van der Waals surface area contributed by atoms with Crippen molar-refractivity contribution in [2.24, 2.45) is 0 Å². The molecule has 0 bridgehead atoms. The first-order valence-corrected chi connectivity index (χ1v) is 5.97. The van der Waals surface area contributed by atoms with Crippen LogP contribution in [-0.2, 0) is 0 Å². The van der Waals surface area contributed by atoms with Gasteiger partial charge in [-0.1, -0.05) is 0 Å². The van der Waals surface area contributed by atoms with E-state index < -0.39 is 0 Å². The number of benzene rings is 2. The first kappa shape index (κ1) is 11.8. The van der Waals surface area contributed by atoms with E-state index in [1.54, 1.807) is 24.3 Å². The molecule has 2 aromatic heterocycles. The maximum Gasteiger partial charge on any atom is 0.164 e. The molecule has 4 aromatic rings. The first-order chi connectivity index (χ1) is 10.2. The van der Waals surface area contributed by atoms with Gasteiger partial charge in [-0.25, -0.2) is 4.63 Å². The SMILES string of the molecule is [O-]N(O)c1ccc(-n2nc3ccc4nonc4c3n2)cc1. The van der Waals surface area contributed by atoms with Crippen LogP contribution in [0.25, 0.3) is 27.8 Å². The summed E-state index contributed by atoms with van der Waals surface area (Å²) in [5.41, 5.74) is 3.13. The maximum atomic E-state index is 10.8. The van der Waals surface area contributed by atoms with Gasteiger partial charge in [0.2, 0.25) is 0 Å². The molecule has 0 fully saturated rings. The van der Waals surface area contributed by atoms with Gasteiger partial charge in [0.15, 0.2) is 5.52 Å². The van der Waals surface area contributed by atoms with Crippen LogP contribution in [0, 0.1) is 5.21 Å². The zero-order chi connectivity index (χ0) is 14.4. The van der Waals surface area contributed by atoms with Gasteiger partial charge in [-0.3, -0.25) is 5.21 Å².